The highest BCUT2D eigenvalue weighted by atomic mass is 127. The van der Waals surface area contributed by atoms with Gasteiger partial charge in [0.1, 0.15) is 5.69 Å². The van der Waals surface area contributed by atoms with Gasteiger partial charge in [0.05, 0.1) is 6.10 Å². The van der Waals surface area contributed by atoms with Gasteiger partial charge in [0.15, 0.2) is 5.96 Å². The summed E-state index contributed by atoms with van der Waals surface area (Å²) >= 11 is 0. The average Bonchev–Trinajstić information content (AvgIpc) is 3.26. The molecule has 0 aromatic carbocycles. The van der Waals surface area contributed by atoms with Crippen LogP contribution in [0.2, 0.25) is 0 Å². The first-order valence-corrected chi connectivity index (χ1v) is 10.7. The molecule has 7 nitrogen and oxygen atoms in total. The van der Waals surface area contributed by atoms with Crippen LogP contribution in [-0.2, 0) is 10.9 Å². The number of halogens is 4. The monoisotopic (exact) mass is 556 g/mol. The summed E-state index contributed by atoms with van der Waals surface area (Å²) in [5.74, 6) is 1.49. The molecule has 0 unspecified atom stereocenters. The summed E-state index contributed by atoms with van der Waals surface area (Å²) in [7, 11) is 1.73. The summed E-state index contributed by atoms with van der Waals surface area (Å²) in [4.78, 5) is 13.8. The summed E-state index contributed by atoms with van der Waals surface area (Å²) in [5, 5.41) is 6.05. The number of guanidine groups is 1. The lowest BCUT2D eigenvalue weighted by Gasteiger charge is -2.34. The maximum atomic E-state index is 12.7. The fraction of sp³-hybridized carbons (Fsp3) is 0.750. The second kappa shape index (κ2) is 12.6. The fourth-order valence-corrected chi connectivity index (χ4v) is 3.97. The van der Waals surface area contributed by atoms with Crippen LogP contribution in [0.15, 0.2) is 17.3 Å². The first-order chi connectivity index (χ1) is 14.5. The average molecular weight is 556 g/mol. The molecule has 11 heteroatoms. The molecule has 2 heterocycles. The third-order valence-electron chi connectivity index (χ3n) is 5.63. The summed E-state index contributed by atoms with van der Waals surface area (Å²) < 4.78 is 44.2. The molecule has 2 N–H and O–H groups in total. The number of rotatable bonds is 7. The number of hydrogen-bond acceptors (Lipinski definition) is 5. The van der Waals surface area contributed by atoms with Crippen LogP contribution in [0.1, 0.15) is 44.2 Å². The van der Waals surface area contributed by atoms with Crippen LogP contribution in [0, 0.1) is 5.92 Å². The molecule has 1 aromatic rings. The van der Waals surface area contributed by atoms with E-state index in [1.54, 1.807) is 7.05 Å². The molecule has 3 rings (SSSR count). The van der Waals surface area contributed by atoms with Gasteiger partial charge in [0, 0.05) is 46.0 Å². The lowest BCUT2D eigenvalue weighted by atomic mass is 10.1. The van der Waals surface area contributed by atoms with Gasteiger partial charge in [-0.1, -0.05) is 12.8 Å². The van der Waals surface area contributed by atoms with E-state index in [0.717, 1.165) is 56.7 Å². The molecular weight excluding hydrogens is 524 g/mol. The van der Waals surface area contributed by atoms with Gasteiger partial charge in [-0.3, -0.25) is 4.99 Å². The number of nitrogens with one attached hydrogen (secondary N) is 2. The Hall–Kier alpha value is -1.37. The van der Waals surface area contributed by atoms with Crippen molar-refractivity contribution in [1.29, 1.82) is 0 Å². The summed E-state index contributed by atoms with van der Waals surface area (Å²) in [6.45, 7) is 3.50. The zero-order valence-corrected chi connectivity index (χ0v) is 20.2. The van der Waals surface area contributed by atoms with Crippen molar-refractivity contribution in [2.75, 3.05) is 45.2 Å². The molecular formula is C20H32F3IN6O. The largest absolute Gasteiger partial charge is 0.433 e. The third kappa shape index (κ3) is 8.24. The predicted molar refractivity (Wildman–Crippen MR) is 125 cm³/mol. The normalized spacial score (nSPS) is 18.7. The second-order valence-electron chi connectivity index (χ2n) is 7.83. The van der Waals surface area contributed by atoms with Crippen LogP contribution in [0.3, 0.4) is 0 Å². The van der Waals surface area contributed by atoms with Crippen LogP contribution in [0.5, 0.6) is 0 Å². The van der Waals surface area contributed by atoms with Crippen LogP contribution in [0.25, 0.3) is 0 Å². The highest BCUT2D eigenvalue weighted by Gasteiger charge is 2.32. The van der Waals surface area contributed by atoms with E-state index in [4.69, 9.17) is 4.74 Å². The van der Waals surface area contributed by atoms with Crippen molar-refractivity contribution in [3.63, 3.8) is 0 Å². The SMILES string of the molecule is CN=C(NCCNc1nccc(C(F)(F)F)n1)N1CCC(OCC2CCCC2)CC1.I. The number of aromatic nitrogens is 2. The molecule has 1 aliphatic heterocycles. The number of ether oxygens (including phenoxy) is 1. The van der Waals surface area contributed by atoms with Crippen molar-refractivity contribution in [2.45, 2.75) is 50.8 Å². The van der Waals surface area contributed by atoms with Gasteiger partial charge >= 0.3 is 6.18 Å². The van der Waals surface area contributed by atoms with Gasteiger partial charge in [-0.05, 0) is 37.7 Å². The van der Waals surface area contributed by atoms with Crippen molar-refractivity contribution < 1.29 is 17.9 Å². The molecule has 0 spiro atoms. The first kappa shape index (κ1) is 25.9. The zero-order valence-electron chi connectivity index (χ0n) is 17.8. The second-order valence-corrected chi connectivity index (χ2v) is 7.83. The number of aliphatic imine (C=N–C) groups is 1. The van der Waals surface area contributed by atoms with Crippen molar-refractivity contribution >= 4 is 35.9 Å². The molecule has 1 aliphatic carbocycles. The van der Waals surface area contributed by atoms with Crippen LogP contribution >= 0.6 is 24.0 Å². The Morgan fingerprint density at radius 2 is 1.90 bits per heavy atom. The molecule has 176 valence electrons. The van der Waals surface area contributed by atoms with E-state index < -0.39 is 11.9 Å². The maximum absolute atomic E-state index is 12.7. The fourth-order valence-electron chi connectivity index (χ4n) is 3.97. The Morgan fingerprint density at radius 3 is 2.55 bits per heavy atom. The van der Waals surface area contributed by atoms with Crippen molar-refractivity contribution in [3.8, 4) is 0 Å². The Kier molecular flexibility index (Phi) is 10.5. The van der Waals surface area contributed by atoms with E-state index in [1.807, 2.05) is 0 Å². The highest BCUT2D eigenvalue weighted by Crippen LogP contribution is 2.27. The first-order valence-electron chi connectivity index (χ1n) is 10.7. The topological polar surface area (TPSA) is 74.7 Å². The van der Waals surface area contributed by atoms with Gasteiger partial charge in [-0.25, -0.2) is 9.97 Å². The quantitative estimate of drug-likeness (QED) is 0.231. The zero-order chi connectivity index (χ0) is 21.4. The van der Waals surface area contributed by atoms with E-state index in [2.05, 4.69) is 30.5 Å². The molecule has 1 saturated heterocycles. The summed E-state index contributed by atoms with van der Waals surface area (Å²) in [6, 6.07) is 0.854. The van der Waals surface area contributed by atoms with Gasteiger partial charge in [-0.2, -0.15) is 13.2 Å². The Balaban J connectivity index is 0.00000341. The lowest BCUT2D eigenvalue weighted by molar-refractivity contribution is -0.141. The number of likely N-dealkylation sites (tertiary alicyclic amines) is 1. The van der Waals surface area contributed by atoms with E-state index in [0.29, 0.717) is 19.2 Å². The molecule has 2 aliphatic rings. The minimum atomic E-state index is -4.48. The molecule has 0 radical (unpaired) electrons. The van der Waals surface area contributed by atoms with Crippen LogP contribution < -0.4 is 10.6 Å². The van der Waals surface area contributed by atoms with Crippen LogP contribution in [0.4, 0.5) is 19.1 Å². The predicted octanol–water partition coefficient (Wildman–Crippen LogP) is 3.77. The number of nitrogens with zero attached hydrogens (tertiary/aromatic N) is 4. The molecule has 1 saturated carbocycles. The molecule has 0 bridgehead atoms. The van der Waals surface area contributed by atoms with Gasteiger partial charge < -0.3 is 20.3 Å². The number of hydrogen-bond donors (Lipinski definition) is 2. The molecule has 1 aromatic heterocycles. The van der Waals surface area contributed by atoms with E-state index in [1.165, 1.54) is 25.7 Å². The summed E-state index contributed by atoms with van der Waals surface area (Å²) in [6.07, 6.45) is 4.17. The number of alkyl halides is 3. The maximum Gasteiger partial charge on any atom is 0.433 e. The number of anilines is 1. The molecule has 0 atom stereocenters. The molecule has 0 amide bonds. The van der Waals surface area contributed by atoms with E-state index >= 15 is 0 Å². The highest BCUT2D eigenvalue weighted by molar-refractivity contribution is 14.0. The van der Waals surface area contributed by atoms with Crippen LogP contribution in [-0.4, -0.2) is 66.8 Å². The Bertz CT molecular complexity index is 692. The Morgan fingerprint density at radius 1 is 1.19 bits per heavy atom. The Labute approximate surface area is 198 Å². The smallest absolute Gasteiger partial charge is 0.378 e. The van der Waals surface area contributed by atoms with E-state index in [9.17, 15) is 13.2 Å². The van der Waals surface area contributed by atoms with Crippen molar-refractivity contribution in [3.05, 3.63) is 18.0 Å². The standard InChI is InChI=1S/C20H31F3N6O.HI/c1-24-19(27-11-10-26-18-25-9-6-17(28-18)20(21,22)23)29-12-7-16(8-13-29)30-14-15-4-2-3-5-15;/h6,9,15-16H,2-5,7-8,10-14H2,1H3,(H,24,27)(H,25,26,28);1H. The van der Waals surface area contributed by atoms with Gasteiger partial charge in [-0.15, -0.1) is 24.0 Å². The minimum absolute atomic E-state index is 0. The minimum Gasteiger partial charge on any atom is -0.378 e. The van der Waals surface area contributed by atoms with Crippen molar-refractivity contribution in [2.24, 2.45) is 10.9 Å². The number of piperidine rings is 1. The van der Waals surface area contributed by atoms with E-state index in [-0.39, 0.29) is 29.9 Å². The summed E-state index contributed by atoms with van der Waals surface area (Å²) in [5.41, 5.74) is -0.957. The molecule has 2 fully saturated rings. The molecule has 31 heavy (non-hydrogen) atoms. The van der Waals surface area contributed by atoms with Gasteiger partial charge in [0.2, 0.25) is 5.95 Å². The van der Waals surface area contributed by atoms with Crippen molar-refractivity contribution in [1.82, 2.24) is 20.2 Å². The third-order valence-corrected chi connectivity index (χ3v) is 5.63. The lowest BCUT2D eigenvalue weighted by Crippen LogP contribution is -2.48. The van der Waals surface area contributed by atoms with Gasteiger partial charge in [0.25, 0.3) is 0 Å².